The second-order valence-electron chi connectivity index (χ2n) is 7.78. The number of unbranched alkanes of at least 4 members (excludes halogenated alkanes) is 1. The molecule has 0 radical (unpaired) electrons. The van der Waals surface area contributed by atoms with E-state index in [9.17, 15) is 4.79 Å². The smallest absolute Gasteiger partial charge is 0.407 e. The van der Waals surface area contributed by atoms with Crippen LogP contribution < -0.4 is 16.0 Å². The van der Waals surface area contributed by atoms with Crippen LogP contribution in [0.4, 0.5) is 4.79 Å². The van der Waals surface area contributed by atoms with Crippen molar-refractivity contribution in [1.82, 2.24) is 25.5 Å². The van der Waals surface area contributed by atoms with E-state index in [4.69, 9.17) is 4.74 Å². The summed E-state index contributed by atoms with van der Waals surface area (Å²) in [6.07, 6.45) is 9.22. The van der Waals surface area contributed by atoms with E-state index in [2.05, 4.69) is 32.9 Å². The summed E-state index contributed by atoms with van der Waals surface area (Å²) in [6.45, 7) is 12.7. The van der Waals surface area contributed by atoms with Crippen LogP contribution in [-0.4, -0.2) is 52.9 Å². The Kier molecular flexibility index (Phi) is 11.1. The molecule has 8 nitrogen and oxygen atoms in total. The van der Waals surface area contributed by atoms with Gasteiger partial charge in [-0.05, 0) is 40.5 Å². The molecule has 0 saturated carbocycles. The average molecular weight is 395 g/mol. The zero-order valence-electron chi connectivity index (χ0n) is 18.1. The van der Waals surface area contributed by atoms with Crippen molar-refractivity contribution < 1.29 is 9.53 Å². The molecule has 1 aromatic heterocycles. The van der Waals surface area contributed by atoms with Crippen LogP contribution in [0.5, 0.6) is 0 Å². The first kappa shape index (κ1) is 23.8. The maximum atomic E-state index is 12.0. The van der Waals surface area contributed by atoms with E-state index in [1.165, 1.54) is 0 Å². The number of amides is 1. The molecule has 0 aliphatic rings. The van der Waals surface area contributed by atoms with E-state index in [-0.39, 0.29) is 6.04 Å². The second-order valence-corrected chi connectivity index (χ2v) is 7.78. The molecule has 1 amide bonds. The molecule has 1 unspecified atom stereocenters. The first-order valence-electron chi connectivity index (χ1n) is 10.3. The molecular formula is C20H38N6O2. The van der Waals surface area contributed by atoms with E-state index in [1.54, 1.807) is 6.20 Å². The Morgan fingerprint density at radius 3 is 2.64 bits per heavy atom. The highest BCUT2D eigenvalue weighted by atomic mass is 16.6. The third-order valence-corrected chi connectivity index (χ3v) is 3.89. The van der Waals surface area contributed by atoms with Gasteiger partial charge in [-0.2, -0.15) is 0 Å². The molecule has 0 bridgehead atoms. The summed E-state index contributed by atoms with van der Waals surface area (Å²) in [4.78, 5) is 20.7. The van der Waals surface area contributed by atoms with Gasteiger partial charge in [0.25, 0.3) is 0 Å². The number of guanidine groups is 1. The number of nitrogens with one attached hydrogen (secondary N) is 3. The zero-order chi connectivity index (χ0) is 20.8. The van der Waals surface area contributed by atoms with Crippen LogP contribution in [0, 0.1) is 0 Å². The standard InChI is InChI=1S/C20H38N6O2/c1-6-8-10-17(15-24-19(27)28-20(3,4)5)25-18(22-7-2)23-11-9-13-26-14-12-21-16-26/h12,14,16-17H,6-11,13,15H2,1-5H3,(H,24,27)(H2,22,23,25). The summed E-state index contributed by atoms with van der Waals surface area (Å²) in [7, 11) is 0. The van der Waals surface area contributed by atoms with Crippen molar-refractivity contribution in [3.05, 3.63) is 18.7 Å². The van der Waals surface area contributed by atoms with Gasteiger partial charge in [-0.25, -0.2) is 9.78 Å². The largest absolute Gasteiger partial charge is 0.444 e. The van der Waals surface area contributed by atoms with Gasteiger partial charge in [0.2, 0.25) is 0 Å². The van der Waals surface area contributed by atoms with Crippen molar-refractivity contribution >= 4 is 12.1 Å². The molecule has 0 aliphatic heterocycles. The Morgan fingerprint density at radius 2 is 2.04 bits per heavy atom. The third kappa shape index (κ3) is 11.5. The van der Waals surface area contributed by atoms with Crippen LogP contribution in [0.2, 0.25) is 0 Å². The highest BCUT2D eigenvalue weighted by Gasteiger charge is 2.18. The number of imidazole rings is 1. The monoisotopic (exact) mass is 394 g/mol. The maximum absolute atomic E-state index is 12.0. The minimum Gasteiger partial charge on any atom is -0.444 e. The normalized spacial score (nSPS) is 13.1. The minimum atomic E-state index is -0.498. The van der Waals surface area contributed by atoms with Gasteiger partial charge in [0.1, 0.15) is 5.60 Å². The molecule has 8 heteroatoms. The Labute approximate surface area is 169 Å². The van der Waals surface area contributed by atoms with Crippen LogP contribution in [0.25, 0.3) is 0 Å². The molecule has 28 heavy (non-hydrogen) atoms. The summed E-state index contributed by atoms with van der Waals surface area (Å²) in [6, 6.07) is 0.0962. The van der Waals surface area contributed by atoms with Crippen molar-refractivity contribution in [2.45, 2.75) is 78.5 Å². The SMILES string of the molecule is CCCCC(CNC(=O)OC(C)(C)C)NC(=NCCCn1ccnc1)NCC. The molecule has 0 aliphatic carbocycles. The Bertz CT molecular complexity index is 566. The number of aryl methyl sites for hydroxylation is 1. The fourth-order valence-electron chi connectivity index (χ4n) is 2.57. The van der Waals surface area contributed by atoms with E-state index in [0.29, 0.717) is 13.1 Å². The van der Waals surface area contributed by atoms with Crippen LogP contribution in [-0.2, 0) is 11.3 Å². The molecule has 160 valence electrons. The van der Waals surface area contributed by atoms with Crippen LogP contribution in [0.3, 0.4) is 0 Å². The number of hydrogen-bond donors (Lipinski definition) is 3. The number of ether oxygens (including phenoxy) is 1. The van der Waals surface area contributed by atoms with Gasteiger partial charge in [0.05, 0.1) is 6.33 Å². The van der Waals surface area contributed by atoms with Gasteiger partial charge in [-0.3, -0.25) is 4.99 Å². The van der Waals surface area contributed by atoms with E-state index < -0.39 is 11.7 Å². The summed E-state index contributed by atoms with van der Waals surface area (Å²) in [5.41, 5.74) is -0.498. The van der Waals surface area contributed by atoms with Gasteiger partial charge >= 0.3 is 6.09 Å². The van der Waals surface area contributed by atoms with Crippen molar-refractivity contribution in [1.29, 1.82) is 0 Å². The number of hydrogen-bond acceptors (Lipinski definition) is 4. The highest BCUT2D eigenvalue weighted by molar-refractivity contribution is 5.80. The summed E-state index contributed by atoms with van der Waals surface area (Å²) in [5.74, 6) is 0.778. The number of aliphatic imine (C=N–C) groups is 1. The lowest BCUT2D eigenvalue weighted by atomic mass is 10.1. The second kappa shape index (κ2) is 13.0. The van der Waals surface area contributed by atoms with E-state index >= 15 is 0 Å². The van der Waals surface area contributed by atoms with E-state index in [1.807, 2.05) is 44.8 Å². The number of nitrogens with zero attached hydrogens (tertiary/aromatic N) is 3. The molecule has 3 N–H and O–H groups in total. The van der Waals surface area contributed by atoms with Gasteiger partial charge in [-0.15, -0.1) is 0 Å². The number of aromatic nitrogens is 2. The lowest BCUT2D eigenvalue weighted by molar-refractivity contribution is 0.0522. The Hall–Kier alpha value is -2.25. The fraction of sp³-hybridized carbons (Fsp3) is 0.750. The zero-order valence-corrected chi connectivity index (χ0v) is 18.1. The Balaban J connectivity index is 2.54. The van der Waals surface area contributed by atoms with Gasteiger partial charge in [0.15, 0.2) is 5.96 Å². The van der Waals surface area contributed by atoms with Crippen molar-refractivity contribution in [2.24, 2.45) is 4.99 Å². The molecule has 0 spiro atoms. The fourth-order valence-corrected chi connectivity index (χ4v) is 2.57. The quantitative estimate of drug-likeness (QED) is 0.305. The summed E-state index contributed by atoms with van der Waals surface area (Å²) >= 11 is 0. The molecule has 0 aromatic carbocycles. The average Bonchev–Trinajstić information content (AvgIpc) is 3.13. The van der Waals surface area contributed by atoms with Crippen LogP contribution >= 0.6 is 0 Å². The van der Waals surface area contributed by atoms with Crippen molar-refractivity contribution in [2.75, 3.05) is 19.6 Å². The number of carbonyl (C=O) groups excluding carboxylic acids is 1. The molecule has 0 saturated heterocycles. The number of carbonyl (C=O) groups is 1. The number of alkyl carbamates (subject to hydrolysis) is 1. The minimum absolute atomic E-state index is 0.0962. The van der Waals surface area contributed by atoms with E-state index in [0.717, 1.165) is 44.7 Å². The van der Waals surface area contributed by atoms with Crippen LogP contribution in [0.1, 0.15) is 60.3 Å². The lowest BCUT2D eigenvalue weighted by Crippen LogP contribution is -2.49. The van der Waals surface area contributed by atoms with Crippen molar-refractivity contribution in [3.63, 3.8) is 0 Å². The number of rotatable bonds is 11. The predicted molar refractivity (Wildman–Crippen MR) is 114 cm³/mol. The molecule has 1 aromatic rings. The molecule has 0 fully saturated rings. The summed E-state index contributed by atoms with van der Waals surface area (Å²) < 4.78 is 7.38. The maximum Gasteiger partial charge on any atom is 0.407 e. The van der Waals surface area contributed by atoms with Crippen molar-refractivity contribution in [3.8, 4) is 0 Å². The van der Waals surface area contributed by atoms with Gasteiger partial charge < -0.3 is 25.3 Å². The molecule has 1 heterocycles. The lowest BCUT2D eigenvalue weighted by Gasteiger charge is -2.24. The van der Waals surface area contributed by atoms with Gasteiger partial charge in [0, 0.05) is 44.6 Å². The molecule has 1 atom stereocenters. The predicted octanol–water partition coefficient (Wildman–Crippen LogP) is 2.91. The molecular weight excluding hydrogens is 356 g/mol. The van der Waals surface area contributed by atoms with Crippen LogP contribution in [0.15, 0.2) is 23.7 Å². The Morgan fingerprint density at radius 1 is 1.25 bits per heavy atom. The first-order valence-corrected chi connectivity index (χ1v) is 10.3. The summed E-state index contributed by atoms with van der Waals surface area (Å²) in [5, 5.41) is 9.60. The first-order chi connectivity index (χ1) is 13.3. The highest BCUT2D eigenvalue weighted by Crippen LogP contribution is 2.07. The topological polar surface area (TPSA) is 92.6 Å². The van der Waals surface area contributed by atoms with Gasteiger partial charge in [-0.1, -0.05) is 19.8 Å². The molecule has 1 rings (SSSR count). The third-order valence-electron chi connectivity index (χ3n) is 3.89.